The van der Waals surface area contributed by atoms with Gasteiger partial charge in [-0.25, -0.2) is 14.2 Å². The number of rotatable bonds is 4. The second kappa shape index (κ2) is 8.52. The van der Waals surface area contributed by atoms with E-state index in [-0.39, 0.29) is 40.4 Å². The molecule has 38 heavy (non-hydrogen) atoms. The van der Waals surface area contributed by atoms with E-state index in [1.54, 1.807) is 0 Å². The van der Waals surface area contributed by atoms with Gasteiger partial charge in [-0.15, -0.1) is 0 Å². The van der Waals surface area contributed by atoms with Gasteiger partial charge in [0.15, 0.2) is 11.0 Å². The average Bonchev–Trinajstić information content (AvgIpc) is 3.22. The molecule has 1 aliphatic carbocycles. The predicted octanol–water partition coefficient (Wildman–Crippen LogP) is 4.41. The van der Waals surface area contributed by atoms with E-state index in [1.165, 1.54) is 19.0 Å². The van der Waals surface area contributed by atoms with Crippen molar-refractivity contribution >= 4 is 34.4 Å². The Morgan fingerprint density at radius 2 is 2.00 bits per heavy atom. The van der Waals surface area contributed by atoms with E-state index in [9.17, 15) is 4.79 Å². The minimum absolute atomic E-state index is 0.0146. The van der Waals surface area contributed by atoms with E-state index in [0.717, 1.165) is 38.1 Å². The Balaban J connectivity index is 1.18. The van der Waals surface area contributed by atoms with Crippen molar-refractivity contribution in [1.82, 2.24) is 24.8 Å². The van der Waals surface area contributed by atoms with Gasteiger partial charge in [-0.1, -0.05) is 11.6 Å². The number of aromatic nitrogens is 3. The second-order valence-corrected chi connectivity index (χ2v) is 13.1. The number of nitrogens with zero attached hydrogens (tertiary/aromatic N) is 6. The van der Waals surface area contributed by atoms with Gasteiger partial charge < -0.3 is 14.4 Å². The van der Waals surface area contributed by atoms with E-state index >= 15 is 4.39 Å². The summed E-state index contributed by atoms with van der Waals surface area (Å²) in [4.78, 5) is 32.9. The van der Waals surface area contributed by atoms with E-state index < -0.39 is 11.4 Å². The highest BCUT2D eigenvalue weighted by Gasteiger charge is 2.61. The maximum Gasteiger partial charge on any atom is 0.410 e. The van der Waals surface area contributed by atoms with Crippen molar-refractivity contribution < 1.29 is 18.7 Å². The minimum atomic E-state index is -0.671. The Hall–Kier alpha value is -2.46. The standard InChI is InChI=1S/C27H34ClFN6O3/c1-26(2,3)38-25(36)35-16-5-6-17(35)13-33(12-16)23-18-11-30-22(28)20(29)21(18)31-24(32-23)37-14-27-7-4-8-34(27)19-9-15(19)10-27/h11,15-17,19H,4-10,12-14H2,1-3H3/t15-,16-,17+,19-,27-/m1/s1. The molecular formula is C27H34ClFN6O3. The van der Waals surface area contributed by atoms with Crippen LogP contribution in [0.3, 0.4) is 0 Å². The quantitative estimate of drug-likeness (QED) is 0.523. The summed E-state index contributed by atoms with van der Waals surface area (Å²) in [7, 11) is 0. The first-order valence-electron chi connectivity index (χ1n) is 13.8. The fraction of sp³-hybridized carbons (Fsp3) is 0.704. The van der Waals surface area contributed by atoms with Gasteiger partial charge >= 0.3 is 12.1 Å². The maximum atomic E-state index is 15.2. The molecule has 5 atom stereocenters. The molecule has 6 heterocycles. The number of ether oxygens (including phenoxy) is 2. The number of hydrogen-bond donors (Lipinski definition) is 0. The highest BCUT2D eigenvalue weighted by Crippen LogP contribution is 2.56. The molecule has 2 aromatic rings. The minimum Gasteiger partial charge on any atom is -0.461 e. The van der Waals surface area contributed by atoms with Crippen molar-refractivity contribution in [2.45, 2.75) is 88.6 Å². The molecule has 204 valence electrons. The summed E-state index contributed by atoms with van der Waals surface area (Å²) < 4.78 is 27.2. The lowest BCUT2D eigenvalue weighted by Crippen LogP contribution is -2.57. The molecule has 2 aromatic heterocycles. The molecule has 5 fully saturated rings. The zero-order valence-electron chi connectivity index (χ0n) is 22.1. The molecule has 0 unspecified atom stereocenters. The molecule has 11 heteroatoms. The molecule has 2 bridgehead atoms. The molecule has 1 saturated carbocycles. The van der Waals surface area contributed by atoms with Crippen molar-refractivity contribution in [3.05, 3.63) is 17.2 Å². The summed E-state index contributed by atoms with van der Waals surface area (Å²) in [5, 5.41) is 0.270. The Morgan fingerprint density at radius 3 is 2.74 bits per heavy atom. The Kier molecular flexibility index (Phi) is 5.51. The average molecular weight is 545 g/mol. The van der Waals surface area contributed by atoms with Crippen LogP contribution in [0.2, 0.25) is 5.15 Å². The Bertz CT molecular complexity index is 1290. The number of halogens is 2. The normalized spacial score (nSPS) is 32.0. The van der Waals surface area contributed by atoms with Gasteiger partial charge in [0, 0.05) is 25.3 Å². The second-order valence-electron chi connectivity index (χ2n) is 12.7. The third-order valence-electron chi connectivity index (χ3n) is 9.04. The SMILES string of the molecule is CC(C)(C)OC(=O)N1[C@@H]2CC[C@H]1CN(c1nc(OC[C@]34CCCN3[C@@H]3C[C@@H]3C4)nc3c(F)c(Cl)ncc13)C2. The lowest BCUT2D eigenvalue weighted by molar-refractivity contribution is 0.0122. The molecule has 7 rings (SSSR count). The highest BCUT2D eigenvalue weighted by atomic mass is 35.5. The van der Waals surface area contributed by atoms with Crippen LogP contribution in [0.4, 0.5) is 15.0 Å². The molecule has 0 radical (unpaired) electrons. The number of anilines is 1. The van der Waals surface area contributed by atoms with Crippen molar-refractivity contribution in [3.8, 4) is 6.01 Å². The molecule has 4 saturated heterocycles. The summed E-state index contributed by atoms with van der Waals surface area (Å²) in [5.41, 5.74) is -0.403. The predicted molar refractivity (Wildman–Crippen MR) is 140 cm³/mol. The van der Waals surface area contributed by atoms with Gasteiger partial charge in [0.2, 0.25) is 0 Å². The number of piperidine rings is 1. The third kappa shape index (κ3) is 3.97. The van der Waals surface area contributed by atoms with Gasteiger partial charge in [0.1, 0.15) is 23.5 Å². The zero-order valence-corrected chi connectivity index (χ0v) is 22.9. The van der Waals surface area contributed by atoms with Gasteiger partial charge in [-0.05, 0) is 71.8 Å². The largest absolute Gasteiger partial charge is 0.461 e. The summed E-state index contributed by atoms with van der Waals surface area (Å²) in [6, 6.07) is 0.837. The highest BCUT2D eigenvalue weighted by molar-refractivity contribution is 6.30. The summed E-state index contributed by atoms with van der Waals surface area (Å²) in [5.74, 6) is 0.686. The van der Waals surface area contributed by atoms with Crippen molar-refractivity contribution in [2.24, 2.45) is 5.92 Å². The molecule has 0 spiro atoms. The van der Waals surface area contributed by atoms with Crippen LogP contribution >= 0.6 is 11.6 Å². The van der Waals surface area contributed by atoms with E-state index in [0.29, 0.717) is 36.9 Å². The third-order valence-corrected chi connectivity index (χ3v) is 9.30. The summed E-state index contributed by atoms with van der Waals surface area (Å²) in [6.07, 6.45) is 7.75. The summed E-state index contributed by atoms with van der Waals surface area (Å²) >= 11 is 6.05. The zero-order chi connectivity index (χ0) is 26.4. The molecule has 5 aliphatic rings. The monoisotopic (exact) mass is 544 g/mol. The Labute approximate surface area is 226 Å². The number of carbonyl (C=O) groups excluding carboxylic acids is 1. The number of fused-ring (bicyclic) bond motifs is 6. The molecule has 4 aliphatic heterocycles. The van der Waals surface area contributed by atoms with Gasteiger partial charge in [0.25, 0.3) is 0 Å². The number of piperazine rings is 1. The van der Waals surface area contributed by atoms with E-state index in [4.69, 9.17) is 26.1 Å². The first kappa shape index (κ1) is 24.6. The van der Waals surface area contributed by atoms with Crippen LogP contribution in [0.15, 0.2) is 6.20 Å². The van der Waals surface area contributed by atoms with Crippen LogP contribution in [0.1, 0.15) is 59.3 Å². The van der Waals surface area contributed by atoms with Crippen LogP contribution in [-0.2, 0) is 4.74 Å². The van der Waals surface area contributed by atoms with E-state index in [2.05, 4.69) is 19.8 Å². The first-order chi connectivity index (χ1) is 18.1. The van der Waals surface area contributed by atoms with Crippen molar-refractivity contribution in [3.63, 3.8) is 0 Å². The van der Waals surface area contributed by atoms with Gasteiger partial charge in [-0.2, -0.15) is 9.97 Å². The summed E-state index contributed by atoms with van der Waals surface area (Å²) in [6.45, 7) is 8.38. The van der Waals surface area contributed by atoms with Crippen molar-refractivity contribution in [1.29, 1.82) is 0 Å². The number of hydrogen-bond acceptors (Lipinski definition) is 8. The molecular weight excluding hydrogens is 511 g/mol. The van der Waals surface area contributed by atoms with Crippen LogP contribution in [0.25, 0.3) is 10.9 Å². The Morgan fingerprint density at radius 1 is 1.24 bits per heavy atom. The van der Waals surface area contributed by atoms with Crippen LogP contribution in [0, 0.1) is 11.7 Å². The van der Waals surface area contributed by atoms with Crippen LogP contribution < -0.4 is 9.64 Å². The molecule has 9 nitrogen and oxygen atoms in total. The van der Waals surface area contributed by atoms with Crippen molar-refractivity contribution in [2.75, 3.05) is 31.1 Å². The molecule has 0 aromatic carbocycles. The van der Waals surface area contributed by atoms with Crippen LogP contribution in [0.5, 0.6) is 6.01 Å². The number of amides is 1. The number of carbonyl (C=O) groups is 1. The van der Waals surface area contributed by atoms with E-state index in [1.807, 2.05) is 25.7 Å². The maximum absolute atomic E-state index is 15.2. The van der Waals surface area contributed by atoms with Crippen LogP contribution in [-0.4, -0.2) is 86.4 Å². The first-order valence-corrected chi connectivity index (χ1v) is 14.2. The smallest absolute Gasteiger partial charge is 0.410 e. The molecule has 1 amide bonds. The van der Waals surface area contributed by atoms with Gasteiger partial charge in [0.05, 0.1) is 23.0 Å². The fourth-order valence-electron chi connectivity index (χ4n) is 7.42. The lowest BCUT2D eigenvalue weighted by Gasteiger charge is -2.42. The topological polar surface area (TPSA) is 83.9 Å². The molecule has 0 N–H and O–H groups in total. The fourth-order valence-corrected chi connectivity index (χ4v) is 7.56. The lowest BCUT2D eigenvalue weighted by atomic mass is 9.93. The van der Waals surface area contributed by atoms with Gasteiger partial charge in [-0.3, -0.25) is 9.80 Å². The number of pyridine rings is 1.